The zero-order chi connectivity index (χ0) is 13.2. The van der Waals surface area contributed by atoms with Crippen LogP contribution in [0, 0.1) is 0 Å². The molecule has 0 saturated carbocycles. The predicted molar refractivity (Wildman–Crippen MR) is 59.0 cm³/mol. The number of hydrogen-bond acceptors (Lipinski definition) is 5. The Morgan fingerprint density at radius 3 is 2.12 bits per heavy atom. The standard InChI is InChI=1S/C11H11ClO5/c1-6-4-9(12)5-11(10(6)15,16-7(2)13)17-8(3)14/h4-5H,1-3H3. The van der Waals surface area contributed by atoms with Gasteiger partial charge in [-0.3, -0.25) is 14.4 Å². The molecule has 0 fully saturated rings. The lowest BCUT2D eigenvalue weighted by atomic mass is 9.98. The molecule has 6 heteroatoms. The number of carbonyl (C=O) groups is 3. The third kappa shape index (κ3) is 2.94. The zero-order valence-electron chi connectivity index (χ0n) is 9.57. The first-order valence-electron chi connectivity index (χ1n) is 4.77. The number of ether oxygens (including phenoxy) is 2. The minimum Gasteiger partial charge on any atom is -0.411 e. The van der Waals surface area contributed by atoms with Crippen LogP contribution < -0.4 is 0 Å². The van der Waals surface area contributed by atoms with E-state index >= 15 is 0 Å². The third-order valence-electron chi connectivity index (χ3n) is 1.95. The van der Waals surface area contributed by atoms with Crippen LogP contribution in [0.25, 0.3) is 0 Å². The van der Waals surface area contributed by atoms with Crippen molar-refractivity contribution in [3.05, 3.63) is 22.8 Å². The van der Waals surface area contributed by atoms with Crippen molar-refractivity contribution >= 4 is 29.3 Å². The maximum absolute atomic E-state index is 11.9. The maximum Gasteiger partial charge on any atom is 0.342 e. The van der Waals surface area contributed by atoms with Crippen LogP contribution in [-0.4, -0.2) is 23.5 Å². The van der Waals surface area contributed by atoms with Crippen LogP contribution in [0.15, 0.2) is 22.8 Å². The van der Waals surface area contributed by atoms with E-state index in [0.717, 1.165) is 19.9 Å². The van der Waals surface area contributed by atoms with Crippen molar-refractivity contribution < 1.29 is 23.9 Å². The Balaban J connectivity index is 3.22. The van der Waals surface area contributed by atoms with Crippen LogP contribution in [0.1, 0.15) is 20.8 Å². The van der Waals surface area contributed by atoms with E-state index in [-0.39, 0.29) is 10.6 Å². The fourth-order valence-electron chi connectivity index (χ4n) is 1.44. The molecular formula is C11H11ClO5. The number of ketones is 1. The number of carbonyl (C=O) groups excluding carboxylic acids is 3. The number of allylic oxidation sites excluding steroid dienone is 2. The van der Waals surface area contributed by atoms with Gasteiger partial charge in [-0.25, -0.2) is 0 Å². The molecule has 0 amide bonds. The zero-order valence-corrected chi connectivity index (χ0v) is 10.3. The molecule has 0 spiro atoms. The van der Waals surface area contributed by atoms with Gasteiger partial charge < -0.3 is 9.47 Å². The highest BCUT2D eigenvalue weighted by atomic mass is 35.5. The van der Waals surface area contributed by atoms with Crippen molar-refractivity contribution in [1.82, 2.24) is 0 Å². The van der Waals surface area contributed by atoms with Crippen molar-refractivity contribution in [2.24, 2.45) is 0 Å². The van der Waals surface area contributed by atoms with Gasteiger partial charge in [-0.2, -0.15) is 0 Å². The molecule has 1 rings (SSSR count). The van der Waals surface area contributed by atoms with E-state index in [1.165, 1.54) is 13.0 Å². The average molecular weight is 259 g/mol. The quantitative estimate of drug-likeness (QED) is 0.554. The minimum atomic E-state index is -2.08. The molecule has 0 aliphatic heterocycles. The Kier molecular flexibility index (Phi) is 3.72. The van der Waals surface area contributed by atoms with Crippen LogP contribution in [-0.2, 0) is 23.9 Å². The number of hydrogen-bond donors (Lipinski definition) is 0. The highest BCUT2D eigenvalue weighted by Crippen LogP contribution is 2.29. The van der Waals surface area contributed by atoms with E-state index in [1.54, 1.807) is 0 Å². The summed E-state index contributed by atoms with van der Waals surface area (Å²) < 4.78 is 9.62. The molecule has 0 aromatic heterocycles. The van der Waals surface area contributed by atoms with E-state index in [1.807, 2.05) is 0 Å². The highest BCUT2D eigenvalue weighted by molar-refractivity contribution is 6.32. The smallest absolute Gasteiger partial charge is 0.342 e. The molecule has 0 unspecified atom stereocenters. The topological polar surface area (TPSA) is 69.7 Å². The van der Waals surface area contributed by atoms with Gasteiger partial charge in [-0.1, -0.05) is 11.6 Å². The van der Waals surface area contributed by atoms with Crippen LogP contribution in [0.5, 0.6) is 0 Å². The van der Waals surface area contributed by atoms with E-state index in [2.05, 4.69) is 0 Å². The first-order valence-corrected chi connectivity index (χ1v) is 5.15. The lowest BCUT2D eigenvalue weighted by Gasteiger charge is -2.29. The van der Waals surface area contributed by atoms with Crippen LogP contribution >= 0.6 is 11.6 Å². The Labute approximate surface area is 103 Å². The molecule has 92 valence electrons. The molecule has 0 N–H and O–H groups in total. The lowest BCUT2D eigenvalue weighted by molar-refractivity contribution is -0.208. The molecular weight excluding hydrogens is 248 g/mol. The molecule has 0 saturated heterocycles. The molecule has 0 radical (unpaired) electrons. The largest absolute Gasteiger partial charge is 0.411 e. The fraction of sp³-hybridized carbons (Fsp3) is 0.364. The summed E-state index contributed by atoms with van der Waals surface area (Å²) in [6, 6.07) is 0. The van der Waals surface area contributed by atoms with Crippen LogP contribution in [0.3, 0.4) is 0 Å². The number of esters is 2. The maximum atomic E-state index is 11.9. The van der Waals surface area contributed by atoms with Gasteiger partial charge in [0, 0.05) is 30.5 Å². The lowest BCUT2D eigenvalue weighted by Crippen LogP contribution is -2.47. The van der Waals surface area contributed by atoms with Crippen molar-refractivity contribution in [1.29, 1.82) is 0 Å². The van der Waals surface area contributed by atoms with Crippen LogP contribution in [0.2, 0.25) is 0 Å². The molecule has 1 aliphatic carbocycles. The first-order chi connectivity index (χ1) is 7.77. The average Bonchev–Trinajstić information content (AvgIpc) is 2.11. The number of Topliss-reactive ketones (excluding diaryl/α,β-unsaturated/α-hetero) is 1. The second-order valence-corrected chi connectivity index (χ2v) is 3.98. The summed E-state index contributed by atoms with van der Waals surface area (Å²) in [7, 11) is 0. The third-order valence-corrected chi connectivity index (χ3v) is 2.17. The van der Waals surface area contributed by atoms with Crippen LogP contribution in [0.4, 0.5) is 0 Å². The molecule has 1 aliphatic rings. The molecule has 0 bridgehead atoms. The summed E-state index contributed by atoms with van der Waals surface area (Å²) in [5.74, 6) is -4.22. The summed E-state index contributed by atoms with van der Waals surface area (Å²) in [6.07, 6.45) is 2.49. The van der Waals surface area contributed by atoms with Gasteiger partial charge in [0.25, 0.3) is 0 Å². The van der Waals surface area contributed by atoms with Crippen molar-refractivity contribution in [3.8, 4) is 0 Å². The van der Waals surface area contributed by atoms with E-state index < -0.39 is 23.5 Å². The molecule has 17 heavy (non-hydrogen) atoms. The Bertz CT molecular complexity index is 431. The summed E-state index contributed by atoms with van der Waals surface area (Å²) in [6.45, 7) is 3.70. The Morgan fingerprint density at radius 1 is 1.24 bits per heavy atom. The highest BCUT2D eigenvalue weighted by Gasteiger charge is 2.46. The normalized spacial score (nSPS) is 18.0. The van der Waals surface area contributed by atoms with E-state index in [0.29, 0.717) is 0 Å². The SMILES string of the molecule is CC(=O)OC1(OC(C)=O)C=C(Cl)C=C(C)C1=O. The summed E-state index contributed by atoms with van der Waals surface area (Å²) >= 11 is 5.78. The second kappa shape index (κ2) is 4.71. The van der Waals surface area contributed by atoms with Crippen molar-refractivity contribution in [3.63, 3.8) is 0 Å². The van der Waals surface area contributed by atoms with E-state index in [9.17, 15) is 14.4 Å². The molecule has 0 aromatic rings. The molecule has 0 atom stereocenters. The van der Waals surface area contributed by atoms with Gasteiger partial charge >= 0.3 is 17.7 Å². The molecule has 5 nitrogen and oxygen atoms in total. The fourth-order valence-corrected chi connectivity index (χ4v) is 1.74. The van der Waals surface area contributed by atoms with Gasteiger partial charge in [0.05, 0.1) is 0 Å². The predicted octanol–water partition coefficient (Wildman–Crippen LogP) is 1.46. The first kappa shape index (κ1) is 13.4. The van der Waals surface area contributed by atoms with Gasteiger partial charge in [0.15, 0.2) is 0 Å². The second-order valence-electron chi connectivity index (χ2n) is 3.54. The van der Waals surface area contributed by atoms with Gasteiger partial charge in [-0.05, 0) is 13.0 Å². The Hall–Kier alpha value is -1.62. The van der Waals surface area contributed by atoms with Gasteiger partial charge in [-0.15, -0.1) is 0 Å². The molecule has 0 heterocycles. The minimum absolute atomic E-state index is 0.157. The number of halogens is 1. The number of rotatable bonds is 2. The van der Waals surface area contributed by atoms with Crippen molar-refractivity contribution in [2.45, 2.75) is 26.6 Å². The Morgan fingerprint density at radius 2 is 1.71 bits per heavy atom. The van der Waals surface area contributed by atoms with E-state index in [4.69, 9.17) is 21.1 Å². The summed E-state index contributed by atoms with van der Waals surface area (Å²) in [5, 5.41) is 0.157. The van der Waals surface area contributed by atoms with Crippen molar-refractivity contribution in [2.75, 3.05) is 0 Å². The molecule has 0 aromatic carbocycles. The van der Waals surface area contributed by atoms with Gasteiger partial charge in [0.1, 0.15) is 0 Å². The summed E-state index contributed by atoms with van der Waals surface area (Å²) in [4.78, 5) is 33.9. The summed E-state index contributed by atoms with van der Waals surface area (Å²) in [5.41, 5.74) is 0.236. The van der Waals surface area contributed by atoms with Gasteiger partial charge in [0.2, 0.25) is 5.78 Å². The monoisotopic (exact) mass is 258 g/mol.